The van der Waals surface area contributed by atoms with Gasteiger partial charge < -0.3 is 0 Å². The first-order chi connectivity index (χ1) is 5.00. The van der Waals surface area contributed by atoms with Gasteiger partial charge in [0.05, 0.1) is 0 Å². The molecule has 0 spiro atoms. The third-order valence-electron chi connectivity index (χ3n) is 2.50. The molecule has 2 aliphatic carbocycles. The second-order valence-corrected chi connectivity index (χ2v) is 3.54. The normalized spacial score (nSPS) is 21.8. The predicted molar refractivity (Wildman–Crippen MR) is 46.2 cm³/mol. The van der Waals surface area contributed by atoms with Crippen LogP contribution in [0.4, 0.5) is 0 Å². The Morgan fingerprint density at radius 1 is 0.273 bits per heavy atom. The van der Waals surface area contributed by atoms with Gasteiger partial charge in [-0.15, -0.1) is 0 Å². The van der Waals surface area contributed by atoms with Crippen molar-refractivity contribution in [2.75, 3.05) is 0 Å². The van der Waals surface area contributed by atoms with Crippen LogP contribution in [0, 0.1) is 0 Å². The molecule has 11 heavy (non-hydrogen) atoms. The maximum absolute atomic E-state index is 1.50. The van der Waals surface area contributed by atoms with Crippen LogP contribution >= 0.6 is 0 Å². The van der Waals surface area contributed by atoms with Crippen molar-refractivity contribution in [1.29, 1.82) is 0 Å². The number of rotatable bonds is 0. The van der Waals surface area contributed by atoms with E-state index in [2.05, 4.69) is 0 Å². The van der Waals surface area contributed by atoms with Crippen molar-refractivity contribution in [3.8, 4) is 0 Å². The smallest absolute Gasteiger partial charge is 0.0533 e. The van der Waals surface area contributed by atoms with Gasteiger partial charge in [0, 0.05) is 0 Å². The summed E-state index contributed by atoms with van der Waals surface area (Å²) in [5.41, 5.74) is 0. The van der Waals surface area contributed by atoms with Gasteiger partial charge in [-0.1, -0.05) is 64.2 Å². The largest absolute Gasteiger partial charge is 2.00 e. The second kappa shape index (κ2) is 8.78. The Morgan fingerprint density at radius 2 is 0.364 bits per heavy atom. The molecule has 0 atom stereocenters. The second-order valence-electron chi connectivity index (χ2n) is 3.54. The molecule has 0 unspecified atom stereocenters. The number of hydrogen-bond donors (Lipinski definition) is 0. The van der Waals surface area contributed by atoms with E-state index >= 15 is 0 Å². The maximum Gasteiger partial charge on any atom is 2.00 e. The van der Waals surface area contributed by atoms with Gasteiger partial charge in [-0.2, -0.15) is 0 Å². The fourth-order valence-electron chi connectivity index (χ4n) is 1.77. The van der Waals surface area contributed by atoms with Crippen LogP contribution in [-0.2, 0) is 21.1 Å². The Hall–Kier alpha value is 0.688. The molecule has 2 rings (SSSR count). The van der Waals surface area contributed by atoms with Gasteiger partial charge in [0.25, 0.3) is 0 Å². The summed E-state index contributed by atoms with van der Waals surface area (Å²) < 4.78 is 0. The molecule has 0 aromatic rings. The first-order valence-electron chi connectivity index (χ1n) is 5.00. The SMILES string of the molecule is C1CCCC1.C1CCCC1.[W+2]. The summed E-state index contributed by atoms with van der Waals surface area (Å²) in [5, 5.41) is 0. The van der Waals surface area contributed by atoms with Gasteiger partial charge in [0.15, 0.2) is 0 Å². The van der Waals surface area contributed by atoms with Gasteiger partial charge >= 0.3 is 21.1 Å². The summed E-state index contributed by atoms with van der Waals surface area (Å²) in [5.74, 6) is 0. The van der Waals surface area contributed by atoms with E-state index in [1.54, 1.807) is 0 Å². The summed E-state index contributed by atoms with van der Waals surface area (Å²) in [6, 6.07) is 0. The summed E-state index contributed by atoms with van der Waals surface area (Å²) in [6.07, 6.45) is 15.0. The fourth-order valence-corrected chi connectivity index (χ4v) is 1.77. The van der Waals surface area contributed by atoms with Gasteiger partial charge in [0.2, 0.25) is 0 Å². The van der Waals surface area contributed by atoms with Crippen LogP contribution in [0.25, 0.3) is 0 Å². The Morgan fingerprint density at radius 3 is 0.455 bits per heavy atom. The van der Waals surface area contributed by atoms with Crippen molar-refractivity contribution in [1.82, 2.24) is 0 Å². The molecule has 0 saturated heterocycles. The average molecular weight is 324 g/mol. The molecule has 1 heteroatoms. The van der Waals surface area contributed by atoms with Gasteiger partial charge in [-0.05, 0) is 0 Å². The Kier molecular flexibility index (Phi) is 9.33. The molecular weight excluding hydrogens is 304 g/mol. The summed E-state index contributed by atoms with van der Waals surface area (Å²) in [7, 11) is 0. The zero-order valence-electron chi connectivity index (χ0n) is 7.48. The van der Waals surface area contributed by atoms with Gasteiger partial charge in [-0.25, -0.2) is 0 Å². The zero-order chi connectivity index (χ0) is 7.07. The van der Waals surface area contributed by atoms with Crippen molar-refractivity contribution >= 4 is 0 Å². The van der Waals surface area contributed by atoms with E-state index in [0.29, 0.717) is 0 Å². The van der Waals surface area contributed by atoms with Crippen LogP contribution in [0.2, 0.25) is 0 Å². The van der Waals surface area contributed by atoms with Crippen molar-refractivity contribution in [2.24, 2.45) is 0 Å². The van der Waals surface area contributed by atoms with Crippen LogP contribution in [0.5, 0.6) is 0 Å². The molecule has 2 fully saturated rings. The van der Waals surface area contributed by atoms with E-state index in [0.717, 1.165) is 0 Å². The van der Waals surface area contributed by atoms with E-state index in [4.69, 9.17) is 0 Å². The molecule has 0 radical (unpaired) electrons. The number of hydrogen-bond acceptors (Lipinski definition) is 0. The average Bonchev–Trinajstić information content (AvgIpc) is 2.67. The zero-order valence-corrected chi connectivity index (χ0v) is 10.4. The van der Waals surface area contributed by atoms with E-state index in [-0.39, 0.29) is 21.1 Å². The quantitative estimate of drug-likeness (QED) is 0.634. The van der Waals surface area contributed by atoms with Crippen LogP contribution in [0.3, 0.4) is 0 Å². The van der Waals surface area contributed by atoms with E-state index in [9.17, 15) is 0 Å². The first kappa shape index (κ1) is 11.7. The molecule has 0 aromatic carbocycles. The molecule has 0 heterocycles. The monoisotopic (exact) mass is 324 g/mol. The van der Waals surface area contributed by atoms with Gasteiger partial charge in [-0.3, -0.25) is 0 Å². The topological polar surface area (TPSA) is 0 Å². The molecule has 0 N–H and O–H groups in total. The molecule has 2 aliphatic rings. The third kappa shape index (κ3) is 7.06. The minimum atomic E-state index is 0. The molecule has 0 aromatic heterocycles. The Balaban J connectivity index is 0.000000167. The summed E-state index contributed by atoms with van der Waals surface area (Å²) >= 11 is 0. The third-order valence-corrected chi connectivity index (χ3v) is 2.50. The van der Waals surface area contributed by atoms with Gasteiger partial charge in [0.1, 0.15) is 0 Å². The van der Waals surface area contributed by atoms with E-state index in [1.165, 1.54) is 64.2 Å². The first-order valence-corrected chi connectivity index (χ1v) is 5.00. The van der Waals surface area contributed by atoms with E-state index in [1.807, 2.05) is 0 Å². The fraction of sp³-hybridized carbons (Fsp3) is 1.00. The molecule has 2 saturated carbocycles. The molecular formula is C10H20W+2. The van der Waals surface area contributed by atoms with Crippen LogP contribution in [0.1, 0.15) is 64.2 Å². The Labute approximate surface area is 85.4 Å². The van der Waals surface area contributed by atoms with Crippen molar-refractivity contribution in [2.45, 2.75) is 64.2 Å². The summed E-state index contributed by atoms with van der Waals surface area (Å²) in [4.78, 5) is 0. The van der Waals surface area contributed by atoms with Crippen LogP contribution in [0.15, 0.2) is 0 Å². The van der Waals surface area contributed by atoms with Crippen molar-refractivity contribution in [3.63, 3.8) is 0 Å². The minimum Gasteiger partial charge on any atom is -0.0533 e. The van der Waals surface area contributed by atoms with Crippen LogP contribution < -0.4 is 0 Å². The standard InChI is InChI=1S/2C5H10.W/c2*1-2-4-5-3-1;/h2*1-5H2;/q;;+2. The summed E-state index contributed by atoms with van der Waals surface area (Å²) in [6.45, 7) is 0. The van der Waals surface area contributed by atoms with Crippen LogP contribution in [-0.4, -0.2) is 0 Å². The van der Waals surface area contributed by atoms with Crippen molar-refractivity contribution in [3.05, 3.63) is 0 Å². The molecule has 0 nitrogen and oxygen atoms in total. The molecule has 0 amide bonds. The molecule has 64 valence electrons. The maximum atomic E-state index is 1.50. The van der Waals surface area contributed by atoms with E-state index < -0.39 is 0 Å². The molecule has 0 aliphatic heterocycles. The predicted octanol–water partition coefficient (Wildman–Crippen LogP) is 3.90. The Bertz CT molecular complexity index is 38.1. The van der Waals surface area contributed by atoms with Crippen molar-refractivity contribution < 1.29 is 21.1 Å². The minimum absolute atomic E-state index is 0. The molecule has 0 bridgehead atoms.